The Labute approximate surface area is 169 Å². The second-order valence-electron chi connectivity index (χ2n) is 7.09. The first-order chi connectivity index (χ1) is 13.6. The number of hydrogen-bond donors (Lipinski definition) is 0. The summed E-state index contributed by atoms with van der Waals surface area (Å²) in [6, 6.07) is 11.6. The summed E-state index contributed by atoms with van der Waals surface area (Å²) < 4.78 is 0. The van der Waals surface area contributed by atoms with E-state index in [0.29, 0.717) is 17.0 Å². The number of rotatable bonds is 5. The van der Waals surface area contributed by atoms with Crippen LogP contribution in [0, 0.1) is 0 Å². The molecule has 0 aliphatic carbocycles. The number of benzene rings is 1. The van der Waals surface area contributed by atoms with Crippen LogP contribution in [0.1, 0.15) is 24.3 Å². The standard InChI is InChI=1S/C22H25N3O2S/c1-3-16-7-9-17(10-8-16)25-21(26)19(18-6-5-15-28-18)20(22(25)27)24-13-11-23(4-2)12-14-24/h5-10,15H,3-4,11-14H2,1-2H3. The molecule has 28 heavy (non-hydrogen) atoms. The van der Waals surface area contributed by atoms with Crippen LogP contribution < -0.4 is 4.90 Å². The lowest BCUT2D eigenvalue weighted by Gasteiger charge is -2.35. The van der Waals surface area contributed by atoms with Gasteiger partial charge in [0.25, 0.3) is 11.8 Å². The van der Waals surface area contributed by atoms with Crippen molar-refractivity contribution in [2.75, 3.05) is 37.6 Å². The molecule has 0 saturated carbocycles. The van der Waals surface area contributed by atoms with E-state index in [1.165, 1.54) is 21.8 Å². The number of likely N-dealkylation sites (N-methyl/N-ethyl adjacent to an activating group) is 1. The minimum absolute atomic E-state index is 0.206. The van der Waals surface area contributed by atoms with Crippen LogP contribution in [0.3, 0.4) is 0 Å². The molecular weight excluding hydrogens is 370 g/mol. The molecule has 0 spiro atoms. The Bertz CT molecular complexity index is 894. The van der Waals surface area contributed by atoms with E-state index in [1.807, 2.05) is 41.8 Å². The highest BCUT2D eigenvalue weighted by atomic mass is 32.1. The molecule has 1 saturated heterocycles. The molecule has 1 aromatic carbocycles. The Kier molecular flexibility index (Phi) is 5.33. The minimum Gasteiger partial charge on any atom is -0.364 e. The Balaban J connectivity index is 1.71. The van der Waals surface area contributed by atoms with Gasteiger partial charge in [0.15, 0.2) is 0 Å². The van der Waals surface area contributed by atoms with Gasteiger partial charge in [-0.05, 0) is 42.1 Å². The first-order valence-electron chi connectivity index (χ1n) is 9.87. The van der Waals surface area contributed by atoms with E-state index in [9.17, 15) is 9.59 Å². The first-order valence-corrected chi connectivity index (χ1v) is 10.7. The molecule has 3 heterocycles. The number of carbonyl (C=O) groups is 2. The Morgan fingerprint density at radius 2 is 1.64 bits per heavy atom. The quantitative estimate of drug-likeness (QED) is 0.729. The molecule has 2 amide bonds. The number of piperazine rings is 1. The number of anilines is 1. The largest absolute Gasteiger partial charge is 0.364 e. The Hall–Kier alpha value is -2.44. The van der Waals surface area contributed by atoms with Crippen LogP contribution >= 0.6 is 11.3 Å². The van der Waals surface area contributed by atoms with E-state index >= 15 is 0 Å². The van der Waals surface area contributed by atoms with Crippen molar-refractivity contribution in [3.8, 4) is 0 Å². The zero-order valence-corrected chi connectivity index (χ0v) is 17.2. The highest BCUT2D eigenvalue weighted by Gasteiger charge is 2.43. The van der Waals surface area contributed by atoms with Gasteiger partial charge in [-0.15, -0.1) is 11.3 Å². The SMILES string of the molecule is CCc1ccc(N2C(=O)C(c3cccs3)=C(N3CCN(CC)CC3)C2=O)cc1. The third-order valence-electron chi connectivity index (χ3n) is 5.57. The number of hydrogen-bond acceptors (Lipinski definition) is 5. The third-order valence-corrected chi connectivity index (χ3v) is 6.45. The summed E-state index contributed by atoms with van der Waals surface area (Å²) in [6.07, 6.45) is 0.924. The van der Waals surface area contributed by atoms with Gasteiger partial charge in [-0.3, -0.25) is 9.59 Å². The molecule has 146 valence electrons. The minimum atomic E-state index is -0.218. The van der Waals surface area contributed by atoms with Gasteiger partial charge in [0.05, 0.1) is 11.3 Å². The summed E-state index contributed by atoms with van der Waals surface area (Å²) in [5.41, 5.74) is 2.93. The maximum absolute atomic E-state index is 13.4. The van der Waals surface area contributed by atoms with Crippen LogP contribution in [0.5, 0.6) is 0 Å². The second kappa shape index (κ2) is 7.89. The Morgan fingerprint density at radius 1 is 0.929 bits per heavy atom. The van der Waals surface area contributed by atoms with Crippen molar-refractivity contribution in [1.29, 1.82) is 0 Å². The fourth-order valence-corrected chi connectivity index (χ4v) is 4.62. The monoisotopic (exact) mass is 395 g/mol. The van der Waals surface area contributed by atoms with Gasteiger partial charge in [-0.25, -0.2) is 4.90 Å². The fourth-order valence-electron chi connectivity index (χ4n) is 3.86. The van der Waals surface area contributed by atoms with Gasteiger partial charge in [-0.1, -0.05) is 32.0 Å². The maximum Gasteiger partial charge on any atom is 0.282 e. The van der Waals surface area contributed by atoms with E-state index in [4.69, 9.17) is 0 Å². The molecule has 0 atom stereocenters. The molecule has 0 unspecified atom stereocenters. The van der Waals surface area contributed by atoms with Crippen LogP contribution in [0.15, 0.2) is 47.5 Å². The number of amides is 2. The summed E-state index contributed by atoms with van der Waals surface area (Å²) in [5, 5.41) is 1.95. The van der Waals surface area contributed by atoms with Crippen molar-refractivity contribution in [1.82, 2.24) is 9.80 Å². The zero-order valence-electron chi connectivity index (χ0n) is 16.4. The molecule has 0 radical (unpaired) electrons. The van der Waals surface area contributed by atoms with Gasteiger partial charge in [0, 0.05) is 31.1 Å². The lowest BCUT2D eigenvalue weighted by atomic mass is 10.1. The molecule has 2 aromatic rings. The van der Waals surface area contributed by atoms with E-state index in [0.717, 1.165) is 44.0 Å². The molecule has 0 N–H and O–H groups in total. The summed E-state index contributed by atoms with van der Waals surface area (Å²) in [4.78, 5) is 33.5. The van der Waals surface area contributed by atoms with Crippen LogP contribution in [0.2, 0.25) is 0 Å². The second-order valence-corrected chi connectivity index (χ2v) is 8.04. The van der Waals surface area contributed by atoms with Crippen molar-refractivity contribution < 1.29 is 9.59 Å². The number of aryl methyl sites for hydroxylation is 1. The molecule has 2 aliphatic heterocycles. The Morgan fingerprint density at radius 3 is 2.21 bits per heavy atom. The van der Waals surface area contributed by atoms with Crippen LogP contribution in [0.4, 0.5) is 5.69 Å². The zero-order chi connectivity index (χ0) is 19.7. The van der Waals surface area contributed by atoms with Crippen LogP contribution in [0.25, 0.3) is 5.57 Å². The molecule has 1 aromatic heterocycles. The number of carbonyl (C=O) groups excluding carboxylic acids is 2. The predicted molar refractivity (Wildman–Crippen MR) is 113 cm³/mol. The van der Waals surface area contributed by atoms with Gasteiger partial charge in [-0.2, -0.15) is 0 Å². The van der Waals surface area contributed by atoms with Crippen molar-refractivity contribution in [2.45, 2.75) is 20.3 Å². The normalized spacial score (nSPS) is 18.5. The summed E-state index contributed by atoms with van der Waals surface area (Å²) >= 11 is 1.51. The fraction of sp³-hybridized carbons (Fsp3) is 0.364. The van der Waals surface area contributed by atoms with Crippen molar-refractivity contribution in [3.63, 3.8) is 0 Å². The highest BCUT2D eigenvalue weighted by Crippen LogP contribution is 2.36. The number of nitrogens with zero attached hydrogens (tertiary/aromatic N) is 3. The first kappa shape index (κ1) is 18.9. The van der Waals surface area contributed by atoms with Gasteiger partial charge in [0.2, 0.25) is 0 Å². The van der Waals surface area contributed by atoms with E-state index in [1.54, 1.807) is 0 Å². The van der Waals surface area contributed by atoms with E-state index < -0.39 is 0 Å². The van der Waals surface area contributed by atoms with Crippen molar-refractivity contribution in [2.24, 2.45) is 0 Å². The topological polar surface area (TPSA) is 43.9 Å². The van der Waals surface area contributed by atoms with Crippen LogP contribution in [-0.4, -0.2) is 54.3 Å². The number of thiophene rings is 1. The van der Waals surface area contributed by atoms with Crippen LogP contribution in [-0.2, 0) is 16.0 Å². The smallest absolute Gasteiger partial charge is 0.282 e. The average molecular weight is 396 g/mol. The highest BCUT2D eigenvalue weighted by molar-refractivity contribution is 7.11. The molecule has 6 heteroatoms. The average Bonchev–Trinajstić information content (AvgIpc) is 3.34. The van der Waals surface area contributed by atoms with Crippen molar-refractivity contribution in [3.05, 3.63) is 57.9 Å². The van der Waals surface area contributed by atoms with Crippen molar-refractivity contribution >= 4 is 34.4 Å². The van der Waals surface area contributed by atoms with Gasteiger partial charge >= 0.3 is 0 Å². The number of imide groups is 1. The predicted octanol–water partition coefficient (Wildman–Crippen LogP) is 3.23. The molecule has 0 bridgehead atoms. The third kappa shape index (κ3) is 3.27. The molecule has 4 rings (SSSR count). The van der Waals surface area contributed by atoms with Gasteiger partial charge < -0.3 is 9.80 Å². The molecular formula is C22H25N3O2S. The van der Waals surface area contributed by atoms with Gasteiger partial charge in [0.1, 0.15) is 5.70 Å². The molecule has 1 fully saturated rings. The molecule has 2 aliphatic rings. The van der Waals surface area contributed by atoms with E-state index in [2.05, 4.69) is 23.6 Å². The van der Waals surface area contributed by atoms with E-state index in [-0.39, 0.29) is 11.8 Å². The summed E-state index contributed by atoms with van der Waals surface area (Å²) in [7, 11) is 0. The molecule has 5 nitrogen and oxygen atoms in total. The summed E-state index contributed by atoms with van der Waals surface area (Å²) in [5.74, 6) is -0.424. The lowest BCUT2D eigenvalue weighted by molar-refractivity contribution is -0.120. The lowest BCUT2D eigenvalue weighted by Crippen LogP contribution is -2.47. The summed E-state index contributed by atoms with van der Waals surface area (Å²) in [6.45, 7) is 8.59. The maximum atomic E-state index is 13.4.